The third-order valence-corrected chi connectivity index (χ3v) is 2.21. The fourth-order valence-electron chi connectivity index (χ4n) is 1.43. The molecular formula is C11H21N3O2. The summed E-state index contributed by atoms with van der Waals surface area (Å²) in [5, 5.41) is 4.27. The molecule has 0 radical (unpaired) electrons. The Morgan fingerprint density at radius 2 is 2.06 bits per heavy atom. The van der Waals surface area contributed by atoms with Crippen molar-refractivity contribution in [3.8, 4) is 5.88 Å². The monoisotopic (exact) mass is 227 g/mol. The normalized spacial score (nSPS) is 11.1. The van der Waals surface area contributed by atoms with Gasteiger partial charge in [0.25, 0.3) is 0 Å². The van der Waals surface area contributed by atoms with Crippen molar-refractivity contribution in [1.82, 2.24) is 9.78 Å². The summed E-state index contributed by atoms with van der Waals surface area (Å²) in [5.41, 5.74) is 7.42. The molecule has 0 aromatic carbocycles. The first-order valence-corrected chi connectivity index (χ1v) is 5.62. The Bertz CT molecular complexity index is 334. The molecule has 2 N–H and O–H groups in total. The molecule has 1 heterocycles. The molecule has 0 aliphatic rings. The number of anilines is 1. The fraction of sp³-hybridized carbons (Fsp3) is 0.727. The van der Waals surface area contributed by atoms with E-state index in [0.717, 1.165) is 12.1 Å². The highest BCUT2D eigenvalue weighted by molar-refractivity contribution is 5.53. The summed E-state index contributed by atoms with van der Waals surface area (Å²) in [6.45, 7) is 7.06. The molecular weight excluding hydrogens is 206 g/mol. The zero-order valence-electron chi connectivity index (χ0n) is 10.5. The van der Waals surface area contributed by atoms with E-state index in [1.54, 1.807) is 4.68 Å². The van der Waals surface area contributed by atoms with Crippen LogP contribution in [0.25, 0.3) is 0 Å². The molecule has 0 saturated heterocycles. The highest BCUT2D eigenvalue weighted by atomic mass is 16.5. The summed E-state index contributed by atoms with van der Waals surface area (Å²) < 4.78 is 12.6. The maximum Gasteiger partial charge on any atom is 0.235 e. The van der Waals surface area contributed by atoms with Crippen LogP contribution >= 0.6 is 0 Å². The standard InChI is InChI=1S/C11H21N3O2/c1-5-9-10(12)11(14(4)13-9)16-7-6-15-8(2)3/h8H,5-7,12H2,1-4H3. The van der Waals surface area contributed by atoms with Crippen LogP contribution in [0, 0.1) is 0 Å². The molecule has 0 bridgehead atoms. The molecule has 0 aliphatic heterocycles. The molecule has 1 rings (SSSR count). The van der Waals surface area contributed by atoms with Gasteiger partial charge < -0.3 is 15.2 Å². The number of nitrogens with two attached hydrogens (primary N) is 1. The summed E-state index contributed by atoms with van der Waals surface area (Å²) in [6, 6.07) is 0. The quantitative estimate of drug-likeness (QED) is 0.745. The molecule has 16 heavy (non-hydrogen) atoms. The van der Waals surface area contributed by atoms with Crippen LogP contribution in [-0.2, 0) is 18.2 Å². The van der Waals surface area contributed by atoms with Crippen LogP contribution in [0.5, 0.6) is 5.88 Å². The number of nitrogen functional groups attached to an aromatic ring is 1. The number of hydrogen-bond acceptors (Lipinski definition) is 4. The van der Waals surface area contributed by atoms with E-state index < -0.39 is 0 Å². The third kappa shape index (κ3) is 3.13. The topological polar surface area (TPSA) is 62.3 Å². The number of nitrogens with zero attached hydrogens (tertiary/aromatic N) is 2. The Labute approximate surface area is 96.5 Å². The van der Waals surface area contributed by atoms with Crippen molar-refractivity contribution >= 4 is 5.69 Å². The lowest BCUT2D eigenvalue weighted by molar-refractivity contribution is 0.0535. The molecule has 5 heteroatoms. The van der Waals surface area contributed by atoms with Crippen LogP contribution < -0.4 is 10.5 Å². The van der Waals surface area contributed by atoms with Gasteiger partial charge in [-0.15, -0.1) is 0 Å². The Kier molecular flexibility index (Phi) is 4.61. The van der Waals surface area contributed by atoms with Crippen LogP contribution in [0.4, 0.5) is 5.69 Å². The smallest absolute Gasteiger partial charge is 0.235 e. The molecule has 0 spiro atoms. The molecule has 1 aromatic rings. The highest BCUT2D eigenvalue weighted by Gasteiger charge is 2.12. The molecule has 0 amide bonds. The van der Waals surface area contributed by atoms with Gasteiger partial charge in [-0.05, 0) is 20.3 Å². The largest absolute Gasteiger partial charge is 0.474 e. The predicted octanol–water partition coefficient (Wildman–Crippen LogP) is 1.37. The minimum atomic E-state index is 0.221. The minimum absolute atomic E-state index is 0.221. The van der Waals surface area contributed by atoms with E-state index in [-0.39, 0.29) is 6.10 Å². The molecule has 92 valence electrons. The van der Waals surface area contributed by atoms with Gasteiger partial charge in [0.15, 0.2) is 0 Å². The zero-order chi connectivity index (χ0) is 12.1. The summed E-state index contributed by atoms with van der Waals surface area (Å²) in [7, 11) is 1.83. The van der Waals surface area contributed by atoms with Crippen LogP contribution in [-0.4, -0.2) is 29.1 Å². The number of hydrogen-bond donors (Lipinski definition) is 1. The first-order chi connectivity index (χ1) is 7.56. The summed E-state index contributed by atoms with van der Waals surface area (Å²) >= 11 is 0. The van der Waals surface area contributed by atoms with Crippen molar-refractivity contribution in [1.29, 1.82) is 0 Å². The molecule has 0 saturated carbocycles. The zero-order valence-corrected chi connectivity index (χ0v) is 10.5. The van der Waals surface area contributed by atoms with Crippen molar-refractivity contribution in [3.05, 3.63) is 5.69 Å². The summed E-state index contributed by atoms with van der Waals surface area (Å²) in [5.74, 6) is 0.629. The molecule has 1 aromatic heterocycles. The van der Waals surface area contributed by atoms with E-state index in [1.807, 2.05) is 27.8 Å². The average molecular weight is 227 g/mol. The van der Waals surface area contributed by atoms with Gasteiger partial charge in [0.05, 0.1) is 18.4 Å². The molecule has 0 aliphatic carbocycles. The summed E-state index contributed by atoms with van der Waals surface area (Å²) in [6.07, 6.45) is 1.03. The second kappa shape index (κ2) is 5.75. The van der Waals surface area contributed by atoms with Gasteiger partial charge in [-0.1, -0.05) is 6.92 Å². The van der Waals surface area contributed by atoms with Gasteiger partial charge in [-0.2, -0.15) is 5.10 Å². The van der Waals surface area contributed by atoms with E-state index in [1.165, 1.54) is 0 Å². The van der Waals surface area contributed by atoms with Gasteiger partial charge in [-0.25, -0.2) is 4.68 Å². The molecule has 5 nitrogen and oxygen atoms in total. The fourth-order valence-corrected chi connectivity index (χ4v) is 1.43. The van der Waals surface area contributed by atoms with Crippen LogP contribution in [0.2, 0.25) is 0 Å². The van der Waals surface area contributed by atoms with Crippen LogP contribution in [0.3, 0.4) is 0 Å². The Morgan fingerprint density at radius 3 is 2.56 bits per heavy atom. The van der Waals surface area contributed by atoms with Crippen molar-refractivity contribution in [2.45, 2.75) is 33.3 Å². The van der Waals surface area contributed by atoms with Crippen molar-refractivity contribution in [3.63, 3.8) is 0 Å². The SMILES string of the molecule is CCc1nn(C)c(OCCOC(C)C)c1N. The van der Waals surface area contributed by atoms with Gasteiger partial charge in [-0.3, -0.25) is 0 Å². The third-order valence-electron chi connectivity index (χ3n) is 2.21. The van der Waals surface area contributed by atoms with E-state index in [0.29, 0.717) is 24.8 Å². The van der Waals surface area contributed by atoms with Gasteiger partial charge in [0.2, 0.25) is 5.88 Å². The number of aromatic nitrogens is 2. The lowest BCUT2D eigenvalue weighted by atomic mass is 10.3. The molecule has 0 atom stereocenters. The van der Waals surface area contributed by atoms with E-state index >= 15 is 0 Å². The van der Waals surface area contributed by atoms with E-state index in [2.05, 4.69) is 5.10 Å². The Morgan fingerprint density at radius 1 is 1.38 bits per heavy atom. The average Bonchev–Trinajstić information content (AvgIpc) is 2.50. The molecule has 0 fully saturated rings. The lowest BCUT2D eigenvalue weighted by Gasteiger charge is -2.09. The summed E-state index contributed by atoms with van der Waals surface area (Å²) in [4.78, 5) is 0. The van der Waals surface area contributed by atoms with E-state index in [4.69, 9.17) is 15.2 Å². The molecule has 0 unspecified atom stereocenters. The number of aryl methyl sites for hydroxylation is 2. The van der Waals surface area contributed by atoms with Crippen molar-refractivity contribution < 1.29 is 9.47 Å². The maximum absolute atomic E-state index is 5.91. The first-order valence-electron chi connectivity index (χ1n) is 5.62. The van der Waals surface area contributed by atoms with Crippen molar-refractivity contribution in [2.75, 3.05) is 18.9 Å². The minimum Gasteiger partial charge on any atom is -0.474 e. The Hall–Kier alpha value is -1.23. The highest BCUT2D eigenvalue weighted by Crippen LogP contribution is 2.24. The first kappa shape index (κ1) is 12.8. The van der Waals surface area contributed by atoms with Crippen LogP contribution in [0.15, 0.2) is 0 Å². The lowest BCUT2D eigenvalue weighted by Crippen LogP contribution is -2.13. The maximum atomic E-state index is 5.91. The number of rotatable bonds is 6. The van der Waals surface area contributed by atoms with E-state index in [9.17, 15) is 0 Å². The second-order valence-electron chi connectivity index (χ2n) is 3.91. The predicted molar refractivity (Wildman–Crippen MR) is 63.6 cm³/mol. The van der Waals surface area contributed by atoms with Crippen LogP contribution in [0.1, 0.15) is 26.5 Å². The van der Waals surface area contributed by atoms with Gasteiger partial charge >= 0.3 is 0 Å². The number of ether oxygens (including phenoxy) is 2. The Balaban J connectivity index is 2.50. The van der Waals surface area contributed by atoms with Gasteiger partial charge in [0, 0.05) is 7.05 Å². The second-order valence-corrected chi connectivity index (χ2v) is 3.91. The van der Waals surface area contributed by atoms with Crippen molar-refractivity contribution in [2.24, 2.45) is 7.05 Å². The van der Waals surface area contributed by atoms with Gasteiger partial charge in [0.1, 0.15) is 12.3 Å².